The van der Waals surface area contributed by atoms with Gasteiger partial charge in [0.2, 0.25) is 0 Å². The lowest BCUT2D eigenvalue weighted by molar-refractivity contribution is 0.212. The molecule has 1 atom stereocenters. The first-order valence-corrected chi connectivity index (χ1v) is 8.47. The molecule has 0 aromatic heterocycles. The highest BCUT2D eigenvalue weighted by Gasteiger charge is 2.31. The van der Waals surface area contributed by atoms with Crippen LogP contribution in [-0.2, 0) is 13.6 Å². The fourth-order valence-electron chi connectivity index (χ4n) is 2.51. The van der Waals surface area contributed by atoms with Gasteiger partial charge in [-0.2, -0.15) is 0 Å². The van der Waals surface area contributed by atoms with Crippen molar-refractivity contribution in [1.29, 1.82) is 0 Å². The summed E-state index contributed by atoms with van der Waals surface area (Å²) in [5, 5.41) is 0. The predicted molar refractivity (Wildman–Crippen MR) is 70.3 cm³/mol. The maximum Gasteiger partial charge on any atom is 0.332 e. The molecule has 1 rings (SSSR count). The van der Waals surface area contributed by atoms with E-state index >= 15 is 0 Å². The molecule has 1 aliphatic carbocycles. The zero-order valence-corrected chi connectivity index (χ0v) is 12.0. The first kappa shape index (κ1) is 15.2. The van der Waals surface area contributed by atoms with Crippen LogP contribution in [0.2, 0.25) is 0 Å². The molecule has 0 spiro atoms. The van der Waals surface area contributed by atoms with Gasteiger partial charge in [0.25, 0.3) is 0 Å². The fourth-order valence-corrected chi connectivity index (χ4v) is 4.39. The molecule has 102 valence electrons. The molecule has 1 fully saturated rings. The second-order valence-corrected chi connectivity index (χ2v) is 6.79. The van der Waals surface area contributed by atoms with Gasteiger partial charge in [0.1, 0.15) is 0 Å². The van der Waals surface area contributed by atoms with Crippen molar-refractivity contribution in [3.8, 4) is 0 Å². The molecule has 0 bridgehead atoms. The van der Waals surface area contributed by atoms with E-state index in [0.29, 0.717) is 25.3 Å². The van der Waals surface area contributed by atoms with Crippen molar-refractivity contribution in [2.45, 2.75) is 52.0 Å². The second kappa shape index (κ2) is 7.52. The van der Waals surface area contributed by atoms with Crippen molar-refractivity contribution in [3.05, 3.63) is 0 Å². The van der Waals surface area contributed by atoms with Crippen molar-refractivity contribution in [1.82, 2.24) is 0 Å². The minimum atomic E-state index is -2.97. The van der Waals surface area contributed by atoms with Crippen molar-refractivity contribution in [2.75, 3.05) is 19.4 Å². The van der Waals surface area contributed by atoms with Crippen LogP contribution in [0.15, 0.2) is 0 Å². The van der Waals surface area contributed by atoms with Crippen LogP contribution in [0, 0.1) is 5.92 Å². The molecule has 0 aromatic rings. The third-order valence-corrected chi connectivity index (χ3v) is 5.51. The lowest BCUT2D eigenvalue weighted by Crippen LogP contribution is -2.35. The predicted octanol–water partition coefficient (Wildman–Crippen LogP) is 3.16. The van der Waals surface area contributed by atoms with E-state index in [4.69, 9.17) is 14.8 Å². The molecule has 0 radical (unpaired) electrons. The molecule has 17 heavy (non-hydrogen) atoms. The Balaban J connectivity index is 2.50. The number of rotatable bonds is 7. The van der Waals surface area contributed by atoms with Crippen molar-refractivity contribution < 1.29 is 13.6 Å². The molecule has 1 unspecified atom stereocenters. The Labute approximate surface area is 105 Å². The molecule has 0 saturated heterocycles. The summed E-state index contributed by atoms with van der Waals surface area (Å²) < 4.78 is 22.9. The van der Waals surface area contributed by atoms with Crippen LogP contribution >= 0.6 is 7.60 Å². The summed E-state index contributed by atoms with van der Waals surface area (Å²) >= 11 is 0. The van der Waals surface area contributed by atoms with Crippen molar-refractivity contribution in [2.24, 2.45) is 11.7 Å². The van der Waals surface area contributed by atoms with Gasteiger partial charge in [0.15, 0.2) is 0 Å². The minimum absolute atomic E-state index is 0.0563. The molecule has 0 aromatic carbocycles. The average Bonchev–Trinajstić information content (AvgIpc) is 2.30. The Morgan fingerprint density at radius 1 is 1.18 bits per heavy atom. The molecule has 0 aliphatic heterocycles. The van der Waals surface area contributed by atoms with Gasteiger partial charge in [-0.15, -0.1) is 0 Å². The van der Waals surface area contributed by atoms with Gasteiger partial charge in [-0.05, 0) is 32.6 Å². The van der Waals surface area contributed by atoms with E-state index < -0.39 is 7.60 Å². The molecule has 0 amide bonds. The zero-order chi connectivity index (χ0) is 12.7. The Morgan fingerprint density at radius 2 is 1.71 bits per heavy atom. The summed E-state index contributed by atoms with van der Waals surface area (Å²) in [6, 6.07) is -0.0563. The Hall–Kier alpha value is 0.110. The topological polar surface area (TPSA) is 61.5 Å². The maximum absolute atomic E-state index is 12.3. The first-order valence-electron chi connectivity index (χ1n) is 6.75. The van der Waals surface area contributed by atoms with Gasteiger partial charge in [0.05, 0.1) is 19.4 Å². The van der Waals surface area contributed by atoms with E-state index in [1.807, 2.05) is 13.8 Å². The van der Waals surface area contributed by atoms with Crippen LogP contribution in [0.1, 0.15) is 46.0 Å². The minimum Gasteiger partial charge on any atom is -0.327 e. The van der Waals surface area contributed by atoms with E-state index in [2.05, 4.69) is 0 Å². The van der Waals surface area contributed by atoms with Gasteiger partial charge in [0, 0.05) is 6.04 Å². The van der Waals surface area contributed by atoms with E-state index in [1.54, 1.807) is 0 Å². The molecule has 0 heterocycles. The van der Waals surface area contributed by atoms with Gasteiger partial charge in [-0.25, -0.2) is 0 Å². The van der Waals surface area contributed by atoms with E-state index in [9.17, 15) is 4.57 Å². The SMILES string of the molecule is CCOP(=O)(CC(N)C1CCCCC1)OCC. The van der Waals surface area contributed by atoms with E-state index in [-0.39, 0.29) is 6.04 Å². The molecule has 5 heteroatoms. The Morgan fingerprint density at radius 3 is 2.18 bits per heavy atom. The quantitative estimate of drug-likeness (QED) is 0.717. The van der Waals surface area contributed by atoms with E-state index in [1.165, 1.54) is 19.3 Å². The van der Waals surface area contributed by atoms with Crippen LogP contribution < -0.4 is 5.73 Å². The third-order valence-electron chi connectivity index (χ3n) is 3.34. The summed E-state index contributed by atoms with van der Waals surface area (Å²) in [6.45, 7) is 4.49. The smallest absolute Gasteiger partial charge is 0.327 e. The summed E-state index contributed by atoms with van der Waals surface area (Å²) in [5.41, 5.74) is 6.16. The highest BCUT2D eigenvalue weighted by molar-refractivity contribution is 7.53. The highest BCUT2D eigenvalue weighted by atomic mass is 31.2. The summed E-state index contributed by atoms with van der Waals surface area (Å²) in [5.74, 6) is 0.484. The molecular formula is C12H26NO3P. The molecule has 1 aliphatic rings. The summed E-state index contributed by atoms with van der Waals surface area (Å²) in [6.07, 6.45) is 6.45. The molecular weight excluding hydrogens is 237 g/mol. The summed E-state index contributed by atoms with van der Waals surface area (Å²) in [4.78, 5) is 0. The lowest BCUT2D eigenvalue weighted by Gasteiger charge is -2.29. The van der Waals surface area contributed by atoms with Gasteiger partial charge in [-0.1, -0.05) is 19.3 Å². The Kier molecular flexibility index (Phi) is 6.71. The van der Waals surface area contributed by atoms with Crippen LogP contribution in [-0.4, -0.2) is 25.4 Å². The van der Waals surface area contributed by atoms with Crippen LogP contribution in [0.3, 0.4) is 0 Å². The van der Waals surface area contributed by atoms with Gasteiger partial charge < -0.3 is 14.8 Å². The largest absolute Gasteiger partial charge is 0.332 e. The standard InChI is InChI=1S/C12H26NO3P/c1-3-15-17(14,16-4-2)10-12(13)11-8-6-5-7-9-11/h11-12H,3-10,13H2,1-2H3. The number of nitrogens with two attached hydrogens (primary N) is 1. The van der Waals surface area contributed by atoms with Crippen LogP contribution in [0.5, 0.6) is 0 Å². The molecule has 2 N–H and O–H groups in total. The maximum atomic E-state index is 12.3. The lowest BCUT2D eigenvalue weighted by atomic mass is 9.85. The van der Waals surface area contributed by atoms with Crippen LogP contribution in [0.25, 0.3) is 0 Å². The second-order valence-electron chi connectivity index (χ2n) is 4.69. The summed E-state index contributed by atoms with van der Waals surface area (Å²) in [7, 11) is -2.97. The average molecular weight is 263 g/mol. The molecule has 1 saturated carbocycles. The van der Waals surface area contributed by atoms with Crippen LogP contribution in [0.4, 0.5) is 0 Å². The van der Waals surface area contributed by atoms with Gasteiger partial charge >= 0.3 is 7.60 Å². The fraction of sp³-hybridized carbons (Fsp3) is 1.00. The van der Waals surface area contributed by atoms with Gasteiger partial charge in [-0.3, -0.25) is 4.57 Å². The van der Waals surface area contributed by atoms with Crippen molar-refractivity contribution >= 4 is 7.60 Å². The first-order chi connectivity index (χ1) is 8.11. The Bertz CT molecular complexity index is 244. The normalized spacial score (nSPS) is 20.4. The number of hydrogen-bond donors (Lipinski definition) is 1. The van der Waals surface area contributed by atoms with E-state index in [0.717, 1.165) is 12.8 Å². The zero-order valence-electron chi connectivity index (χ0n) is 11.1. The monoisotopic (exact) mass is 263 g/mol. The number of hydrogen-bond acceptors (Lipinski definition) is 4. The van der Waals surface area contributed by atoms with Crippen molar-refractivity contribution in [3.63, 3.8) is 0 Å². The highest BCUT2D eigenvalue weighted by Crippen LogP contribution is 2.49. The molecule has 4 nitrogen and oxygen atoms in total. The third kappa shape index (κ3) is 5.09.